The van der Waals surface area contributed by atoms with Crippen LogP contribution in [0.2, 0.25) is 0 Å². The van der Waals surface area contributed by atoms with Gasteiger partial charge in [-0.05, 0) is 83.8 Å². The minimum absolute atomic E-state index is 0.939. The second-order valence-electron chi connectivity index (χ2n) is 12.1. The highest BCUT2D eigenvalue weighted by Crippen LogP contribution is 2.45. The SMILES string of the molecule is C1=CN(c2ccccc2)c2cccc3cc4c(c1c23)c1ccccc1n4-c1ccc(-n2c(-c3ccccc3)nc3ccccc32)cc1. The Kier molecular flexibility index (Phi) is 5.54. The molecule has 2 aromatic heterocycles. The molecule has 1 aliphatic rings. The molecule has 0 amide bonds. The average molecular weight is 601 g/mol. The molecule has 3 heterocycles. The van der Waals surface area contributed by atoms with E-state index in [9.17, 15) is 0 Å². The molecule has 0 spiro atoms. The van der Waals surface area contributed by atoms with Gasteiger partial charge < -0.3 is 9.47 Å². The van der Waals surface area contributed by atoms with Crippen LogP contribution in [0.15, 0.2) is 164 Å². The van der Waals surface area contributed by atoms with Gasteiger partial charge in [-0.15, -0.1) is 0 Å². The molecule has 0 aliphatic carbocycles. The summed E-state index contributed by atoms with van der Waals surface area (Å²) in [5.74, 6) is 0.939. The van der Waals surface area contributed by atoms with E-state index in [0.717, 1.165) is 39.5 Å². The van der Waals surface area contributed by atoms with E-state index < -0.39 is 0 Å². The molecular formula is C43H28N4. The lowest BCUT2D eigenvalue weighted by Gasteiger charge is -2.27. The Hall–Kier alpha value is -6.39. The van der Waals surface area contributed by atoms with Crippen molar-refractivity contribution in [3.05, 3.63) is 169 Å². The van der Waals surface area contributed by atoms with E-state index in [0.29, 0.717) is 0 Å². The van der Waals surface area contributed by atoms with E-state index in [1.165, 1.54) is 43.8 Å². The normalized spacial score (nSPS) is 12.6. The molecule has 0 saturated carbocycles. The topological polar surface area (TPSA) is 26.0 Å². The third-order valence-electron chi connectivity index (χ3n) is 9.46. The zero-order chi connectivity index (χ0) is 30.9. The van der Waals surface area contributed by atoms with Gasteiger partial charge >= 0.3 is 0 Å². The van der Waals surface area contributed by atoms with Crippen LogP contribution in [-0.2, 0) is 0 Å². The predicted octanol–water partition coefficient (Wildman–Crippen LogP) is 11.1. The number of fused-ring (bicyclic) bond motifs is 5. The van der Waals surface area contributed by atoms with E-state index >= 15 is 0 Å². The molecule has 4 nitrogen and oxygen atoms in total. The van der Waals surface area contributed by atoms with Crippen LogP contribution in [-0.4, -0.2) is 14.1 Å². The quantitative estimate of drug-likeness (QED) is 0.201. The zero-order valence-electron chi connectivity index (χ0n) is 25.5. The zero-order valence-corrected chi connectivity index (χ0v) is 25.5. The number of nitrogens with zero attached hydrogens (tertiary/aromatic N) is 4. The van der Waals surface area contributed by atoms with Gasteiger partial charge in [-0.2, -0.15) is 0 Å². The van der Waals surface area contributed by atoms with Crippen molar-refractivity contribution in [2.75, 3.05) is 4.90 Å². The molecule has 0 unspecified atom stereocenters. The summed E-state index contributed by atoms with van der Waals surface area (Å²) in [4.78, 5) is 7.34. The summed E-state index contributed by atoms with van der Waals surface area (Å²) in [5, 5.41) is 5.04. The van der Waals surface area contributed by atoms with E-state index in [4.69, 9.17) is 4.98 Å². The highest BCUT2D eigenvalue weighted by molar-refractivity contribution is 6.22. The number of rotatable bonds is 4. The first-order chi connectivity index (χ1) is 23.3. The van der Waals surface area contributed by atoms with Crippen LogP contribution >= 0.6 is 0 Å². The lowest BCUT2D eigenvalue weighted by molar-refractivity contribution is 1.09. The van der Waals surface area contributed by atoms with E-state index in [-0.39, 0.29) is 0 Å². The van der Waals surface area contributed by atoms with Crippen molar-refractivity contribution in [2.24, 2.45) is 0 Å². The van der Waals surface area contributed by atoms with Gasteiger partial charge in [-0.3, -0.25) is 4.57 Å². The molecule has 0 bridgehead atoms. The molecule has 0 N–H and O–H groups in total. The Bertz CT molecular complexity index is 2660. The lowest BCUT2D eigenvalue weighted by Crippen LogP contribution is -2.11. The van der Waals surface area contributed by atoms with Gasteiger partial charge in [0, 0.05) is 45.0 Å². The number of benzene rings is 7. The van der Waals surface area contributed by atoms with Gasteiger partial charge in [0.15, 0.2) is 0 Å². The molecule has 47 heavy (non-hydrogen) atoms. The molecule has 0 atom stereocenters. The van der Waals surface area contributed by atoms with Crippen molar-refractivity contribution in [3.63, 3.8) is 0 Å². The summed E-state index contributed by atoms with van der Waals surface area (Å²) in [7, 11) is 0. The number of anilines is 2. The number of imidazole rings is 1. The molecule has 220 valence electrons. The van der Waals surface area contributed by atoms with Gasteiger partial charge in [0.05, 0.1) is 27.8 Å². The predicted molar refractivity (Wildman–Crippen MR) is 196 cm³/mol. The second kappa shape index (κ2) is 10.1. The number of hydrogen-bond acceptors (Lipinski definition) is 2. The maximum Gasteiger partial charge on any atom is 0.145 e. The highest BCUT2D eigenvalue weighted by Gasteiger charge is 2.23. The first-order valence-electron chi connectivity index (χ1n) is 16.0. The molecule has 4 heteroatoms. The van der Waals surface area contributed by atoms with E-state index in [1.807, 2.05) is 12.1 Å². The van der Waals surface area contributed by atoms with Crippen LogP contribution in [0.25, 0.3) is 72.5 Å². The van der Waals surface area contributed by atoms with Crippen molar-refractivity contribution in [1.82, 2.24) is 14.1 Å². The maximum absolute atomic E-state index is 5.05. The molecule has 9 aromatic rings. The maximum atomic E-state index is 5.05. The number of para-hydroxylation sites is 4. The van der Waals surface area contributed by atoms with Gasteiger partial charge in [0.25, 0.3) is 0 Å². The largest absolute Gasteiger partial charge is 0.317 e. The molecule has 10 rings (SSSR count). The van der Waals surface area contributed by atoms with Gasteiger partial charge in [0.1, 0.15) is 5.82 Å². The Labute approximate surface area is 271 Å². The minimum Gasteiger partial charge on any atom is -0.317 e. The summed E-state index contributed by atoms with van der Waals surface area (Å²) in [6, 6.07) is 56.1. The molecule has 0 radical (unpaired) electrons. The Morgan fingerprint density at radius 1 is 0.468 bits per heavy atom. The monoisotopic (exact) mass is 600 g/mol. The molecule has 1 aliphatic heterocycles. The average Bonchev–Trinajstić information content (AvgIpc) is 3.69. The van der Waals surface area contributed by atoms with Crippen molar-refractivity contribution in [1.29, 1.82) is 0 Å². The van der Waals surface area contributed by atoms with Crippen LogP contribution in [0.3, 0.4) is 0 Å². The van der Waals surface area contributed by atoms with Gasteiger partial charge in [-0.25, -0.2) is 4.98 Å². The van der Waals surface area contributed by atoms with Crippen LogP contribution in [0.5, 0.6) is 0 Å². The van der Waals surface area contributed by atoms with Crippen LogP contribution in [0.4, 0.5) is 11.4 Å². The van der Waals surface area contributed by atoms with Crippen molar-refractivity contribution in [3.8, 4) is 22.8 Å². The van der Waals surface area contributed by atoms with Crippen molar-refractivity contribution >= 4 is 61.1 Å². The number of hydrogen-bond donors (Lipinski definition) is 0. The summed E-state index contributed by atoms with van der Waals surface area (Å²) in [6.07, 6.45) is 4.51. The molecule has 0 saturated heterocycles. The molecule has 0 fully saturated rings. The first-order valence-corrected chi connectivity index (χ1v) is 16.0. The number of aromatic nitrogens is 3. The van der Waals surface area contributed by atoms with Crippen molar-refractivity contribution < 1.29 is 0 Å². The fraction of sp³-hybridized carbons (Fsp3) is 0. The Balaban J connectivity index is 1.18. The molecular weight excluding hydrogens is 573 g/mol. The third kappa shape index (κ3) is 3.85. The Morgan fingerprint density at radius 3 is 1.96 bits per heavy atom. The third-order valence-corrected chi connectivity index (χ3v) is 9.46. The summed E-state index contributed by atoms with van der Waals surface area (Å²) < 4.78 is 4.68. The molecule has 7 aromatic carbocycles. The second-order valence-corrected chi connectivity index (χ2v) is 12.1. The van der Waals surface area contributed by atoms with Crippen LogP contribution < -0.4 is 4.90 Å². The minimum atomic E-state index is 0.939. The van der Waals surface area contributed by atoms with Gasteiger partial charge in [-0.1, -0.05) is 91.0 Å². The summed E-state index contributed by atoms with van der Waals surface area (Å²) >= 11 is 0. The summed E-state index contributed by atoms with van der Waals surface area (Å²) in [5.41, 5.74) is 11.4. The fourth-order valence-electron chi connectivity index (χ4n) is 7.43. The fourth-order valence-corrected chi connectivity index (χ4v) is 7.43. The Morgan fingerprint density at radius 2 is 1.15 bits per heavy atom. The lowest BCUT2D eigenvalue weighted by atomic mass is 9.94. The van der Waals surface area contributed by atoms with E-state index in [2.05, 4.69) is 172 Å². The van der Waals surface area contributed by atoms with Crippen LogP contribution in [0.1, 0.15) is 5.56 Å². The van der Waals surface area contributed by atoms with Gasteiger partial charge in [0.2, 0.25) is 0 Å². The van der Waals surface area contributed by atoms with E-state index in [1.54, 1.807) is 0 Å². The first kappa shape index (κ1) is 25.9. The smallest absolute Gasteiger partial charge is 0.145 e. The highest BCUT2D eigenvalue weighted by atomic mass is 15.1. The van der Waals surface area contributed by atoms with Crippen LogP contribution in [0, 0.1) is 0 Å². The standard InChI is InChI=1S/C43H28N4/c1-3-12-29(13-4-1)43-44-36-18-8-10-20-38(36)47(43)33-24-22-32(23-25-33)46-37-19-9-7-17-34(37)42-35-26-27-45(31-15-5-2-6-16-31)39-21-11-14-30(41(35)39)28-40(42)46/h1-28H. The van der Waals surface area contributed by atoms with Crippen molar-refractivity contribution in [2.45, 2.75) is 0 Å². The summed E-state index contributed by atoms with van der Waals surface area (Å²) in [6.45, 7) is 0.